The molecule has 192 valence electrons. The molecular weight excluding hydrogens is 494 g/mol. The van der Waals surface area contributed by atoms with E-state index in [-0.39, 0.29) is 0 Å². The number of allylic oxidation sites excluding steroid dienone is 2. The predicted octanol–water partition coefficient (Wildman–Crippen LogP) is 7.86. The van der Waals surface area contributed by atoms with Crippen molar-refractivity contribution in [2.75, 3.05) is 0 Å². The minimum Gasteiger partial charge on any atom is -0.0812 e. The molecule has 1 fully saturated rings. The van der Waals surface area contributed by atoms with Crippen molar-refractivity contribution >= 4 is 37.1 Å². The van der Waals surface area contributed by atoms with Gasteiger partial charge in [-0.05, 0) is 74.1 Å². The molecule has 3 aliphatic carbocycles. The Balaban J connectivity index is 1.60. The van der Waals surface area contributed by atoms with E-state index in [1.807, 2.05) is 0 Å². The number of rotatable bonds is 7. The van der Waals surface area contributed by atoms with Gasteiger partial charge < -0.3 is 0 Å². The summed E-state index contributed by atoms with van der Waals surface area (Å²) in [6, 6.07) is 46.0. The molecule has 38 heavy (non-hydrogen) atoms. The molecule has 0 aliphatic heterocycles. The van der Waals surface area contributed by atoms with Crippen molar-refractivity contribution in [3.05, 3.63) is 133 Å². The van der Waals surface area contributed by atoms with Crippen LogP contribution < -0.4 is 21.2 Å². The average Bonchev–Trinajstić information content (AvgIpc) is 2.96. The van der Waals surface area contributed by atoms with E-state index in [4.69, 9.17) is 0 Å². The normalized spacial score (nSPS) is 24.7. The fraction of sp³-hybridized carbons (Fsp3) is 0.278. The maximum absolute atomic E-state index is 2.73. The van der Waals surface area contributed by atoms with Crippen molar-refractivity contribution in [1.29, 1.82) is 0 Å². The molecule has 0 heterocycles. The quantitative estimate of drug-likeness (QED) is 0.168. The molecule has 2 heteroatoms. The van der Waals surface area contributed by atoms with E-state index in [0.717, 1.165) is 5.92 Å². The third-order valence-corrected chi connectivity index (χ3v) is 15.0. The number of hydrogen-bond donors (Lipinski definition) is 0. The summed E-state index contributed by atoms with van der Waals surface area (Å²) in [4.78, 5) is 0. The van der Waals surface area contributed by atoms with Crippen molar-refractivity contribution in [2.45, 2.75) is 38.5 Å². The van der Waals surface area contributed by atoms with Gasteiger partial charge in [-0.15, -0.1) is 0 Å². The average molecular weight is 533 g/mol. The summed E-state index contributed by atoms with van der Waals surface area (Å²) in [5.41, 5.74) is 2.87. The zero-order chi connectivity index (χ0) is 26.1. The molecule has 0 amide bonds. The summed E-state index contributed by atoms with van der Waals surface area (Å²) in [5.74, 6) is 2.67. The first-order chi connectivity index (χ1) is 18.6. The third-order valence-electron chi connectivity index (χ3n) is 8.81. The van der Waals surface area contributed by atoms with Crippen LogP contribution in [0.15, 0.2) is 133 Å². The second-order valence-corrected chi connectivity index (χ2v) is 16.0. The van der Waals surface area contributed by atoms with Crippen molar-refractivity contribution in [3.63, 3.8) is 0 Å². The first kappa shape index (κ1) is 25.7. The molecule has 5 atom stereocenters. The van der Waals surface area contributed by atoms with Crippen LogP contribution in [0, 0.1) is 23.7 Å². The van der Waals surface area contributed by atoms with Crippen LogP contribution in [-0.2, 0) is 0 Å². The van der Waals surface area contributed by atoms with Crippen LogP contribution in [0.3, 0.4) is 0 Å². The molecular formula is C36H38P2. The second kappa shape index (κ2) is 11.3. The van der Waals surface area contributed by atoms with Crippen LogP contribution in [0.2, 0.25) is 0 Å². The Hall–Kier alpha value is -2.52. The summed E-state index contributed by atoms with van der Waals surface area (Å²) < 4.78 is 0. The van der Waals surface area contributed by atoms with Gasteiger partial charge in [-0.2, -0.15) is 0 Å². The predicted molar refractivity (Wildman–Crippen MR) is 169 cm³/mol. The van der Waals surface area contributed by atoms with Crippen LogP contribution in [0.5, 0.6) is 0 Å². The third kappa shape index (κ3) is 4.83. The van der Waals surface area contributed by atoms with Crippen LogP contribution in [0.25, 0.3) is 0 Å². The largest absolute Gasteiger partial charge is 0.0812 e. The molecule has 0 nitrogen and oxygen atoms in total. The maximum atomic E-state index is 2.73. The van der Waals surface area contributed by atoms with Crippen LogP contribution in [-0.4, -0.2) is 11.3 Å². The highest BCUT2D eigenvalue weighted by Crippen LogP contribution is 2.65. The molecule has 0 radical (unpaired) electrons. The number of benzene rings is 4. The van der Waals surface area contributed by atoms with Crippen LogP contribution in [0.4, 0.5) is 0 Å². The SMILES string of the molecule is CC1=CC2C(C(C)C)CC1C(P(c1ccccc1)c1ccccc1)C2P(c1ccccc1)c1ccccc1. The van der Waals surface area contributed by atoms with E-state index in [2.05, 4.69) is 148 Å². The van der Waals surface area contributed by atoms with Crippen molar-refractivity contribution in [2.24, 2.45) is 23.7 Å². The summed E-state index contributed by atoms with van der Waals surface area (Å²) in [7, 11) is -1.06. The fourth-order valence-electron chi connectivity index (χ4n) is 7.13. The topological polar surface area (TPSA) is 0 Å². The van der Waals surface area contributed by atoms with Crippen molar-refractivity contribution in [1.82, 2.24) is 0 Å². The minimum atomic E-state index is -0.535. The van der Waals surface area contributed by atoms with E-state index >= 15 is 0 Å². The van der Waals surface area contributed by atoms with Crippen molar-refractivity contribution in [3.8, 4) is 0 Å². The van der Waals surface area contributed by atoms with Gasteiger partial charge in [-0.25, -0.2) is 0 Å². The highest BCUT2D eigenvalue weighted by atomic mass is 31.1. The zero-order valence-corrected chi connectivity index (χ0v) is 24.5. The Kier molecular flexibility index (Phi) is 7.66. The molecule has 4 aromatic rings. The second-order valence-electron chi connectivity index (χ2n) is 11.3. The highest BCUT2D eigenvalue weighted by Gasteiger charge is 2.54. The van der Waals surface area contributed by atoms with Gasteiger partial charge in [-0.1, -0.05) is 147 Å². The van der Waals surface area contributed by atoms with Crippen molar-refractivity contribution < 1.29 is 0 Å². The van der Waals surface area contributed by atoms with Gasteiger partial charge in [-0.3, -0.25) is 0 Å². The molecule has 1 saturated carbocycles. The lowest BCUT2D eigenvalue weighted by atomic mass is 9.62. The number of fused-ring (bicyclic) bond motifs is 2. The van der Waals surface area contributed by atoms with Crippen LogP contribution >= 0.6 is 15.8 Å². The highest BCUT2D eigenvalue weighted by molar-refractivity contribution is 7.77. The Labute approximate surface area is 231 Å². The van der Waals surface area contributed by atoms with Gasteiger partial charge in [0.1, 0.15) is 0 Å². The Morgan fingerprint density at radius 2 is 0.921 bits per heavy atom. The smallest absolute Gasteiger partial charge is 0.00164 e. The van der Waals surface area contributed by atoms with Gasteiger partial charge in [0.05, 0.1) is 0 Å². The minimum absolute atomic E-state index is 0.526. The lowest BCUT2D eigenvalue weighted by Gasteiger charge is -2.57. The van der Waals surface area contributed by atoms with E-state index in [1.165, 1.54) is 27.6 Å². The van der Waals surface area contributed by atoms with E-state index < -0.39 is 15.8 Å². The molecule has 4 aromatic carbocycles. The van der Waals surface area contributed by atoms with E-state index in [1.54, 1.807) is 5.57 Å². The van der Waals surface area contributed by atoms with Gasteiger partial charge in [0.25, 0.3) is 0 Å². The molecule has 0 spiro atoms. The molecule has 0 aromatic heterocycles. The van der Waals surface area contributed by atoms with E-state index in [0.29, 0.717) is 29.1 Å². The fourth-order valence-corrected chi connectivity index (χ4v) is 14.3. The molecule has 5 unspecified atom stereocenters. The monoisotopic (exact) mass is 532 g/mol. The molecule has 3 aliphatic rings. The Morgan fingerprint density at radius 3 is 1.29 bits per heavy atom. The molecule has 7 rings (SSSR count). The maximum Gasteiger partial charge on any atom is 0.00164 e. The van der Waals surface area contributed by atoms with E-state index in [9.17, 15) is 0 Å². The summed E-state index contributed by atoms with van der Waals surface area (Å²) in [6.07, 6.45) is 4.06. The summed E-state index contributed by atoms with van der Waals surface area (Å²) in [5, 5.41) is 6.12. The first-order valence-corrected chi connectivity index (χ1v) is 16.9. The summed E-state index contributed by atoms with van der Waals surface area (Å²) in [6.45, 7) is 7.37. The standard InChI is InChI=1S/C36H38P2/c1-26(2)32-25-33-27(3)24-34(32)36(38(30-20-12-6-13-21-30)31-22-14-7-15-23-31)35(33)37(28-16-8-4-9-17-28)29-18-10-5-11-19-29/h4-24,26,32-36H,25H2,1-3H3. The van der Waals surface area contributed by atoms with Gasteiger partial charge in [0.2, 0.25) is 0 Å². The molecule has 0 N–H and O–H groups in total. The van der Waals surface area contributed by atoms with Gasteiger partial charge in [0.15, 0.2) is 0 Å². The summed E-state index contributed by atoms with van der Waals surface area (Å²) >= 11 is 0. The van der Waals surface area contributed by atoms with Gasteiger partial charge in [0, 0.05) is 11.3 Å². The molecule has 2 bridgehead atoms. The molecule has 0 saturated heterocycles. The van der Waals surface area contributed by atoms with Gasteiger partial charge >= 0.3 is 0 Å². The first-order valence-electron chi connectivity index (χ1n) is 14.1. The lowest BCUT2D eigenvalue weighted by molar-refractivity contribution is 0.171. The zero-order valence-electron chi connectivity index (χ0n) is 22.7. The Morgan fingerprint density at radius 1 is 0.553 bits per heavy atom. The Bertz CT molecular complexity index is 1270. The number of hydrogen-bond acceptors (Lipinski definition) is 0. The van der Waals surface area contributed by atoms with Crippen LogP contribution in [0.1, 0.15) is 27.2 Å². The lowest BCUT2D eigenvalue weighted by Crippen LogP contribution is -2.53.